The number of fused-ring (bicyclic) bond motifs is 1. The molecule has 0 amide bonds. The molecule has 1 aromatic carbocycles. The first-order chi connectivity index (χ1) is 7.19. The van der Waals surface area contributed by atoms with Gasteiger partial charge < -0.3 is 9.15 Å². The van der Waals surface area contributed by atoms with Gasteiger partial charge in [-0.2, -0.15) is 0 Å². The van der Waals surface area contributed by atoms with Crippen molar-refractivity contribution in [3.63, 3.8) is 0 Å². The predicted octanol–water partition coefficient (Wildman–Crippen LogP) is 1.68. The maximum Gasteiger partial charge on any atom is 0.314 e. The normalized spacial score (nSPS) is 10.5. The number of halogens is 1. The van der Waals surface area contributed by atoms with Crippen LogP contribution in [-0.2, 0) is 16.0 Å². The fraction of sp³-hybridized carbons (Fsp3) is 0.200. The monoisotopic (exact) mass is 209 g/mol. The number of esters is 1. The van der Waals surface area contributed by atoms with E-state index in [-0.39, 0.29) is 18.1 Å². The average molecular weight is 209 g/mol. The maximum absolute atomic E-state index is 12.8. The van der Waals surface area contributed by atoms with Crippen molar-refractivity contribution in [3.05, 3.63) is 29.9 Å². The molecule has 0 saturated heterocycles. The summed E-state index contributed by atoms with van der Waals surface area (Å²) in [6, 6.07) is 3.99. The predicted molar refractivity (Wildman–Crippen MR) is 49.7 cm³/mol. The number of ether oxygens (including phenoxy) is 1. The van der Waals surface area contributed by atoms with Crippen LogP contribution in [0.1, 0.15) is 5.89 Å². The van der Waals surface area contributed by atoms with Crippen LogP contribution in [0, 0.1) is 5.82 Å². The van der Waals surface area contributed by atoms with Crippen molar-refractivity contribution >= 4 is 17.1 Å². The topological polar surface area (TPSA) is 52.3 Å². The second-order valence-electron chi connectivity index (χ2n) is 2.97. The van der Waals surface area contributed by atoms with Crippen molar-refractivity contribution in [3.8, 4) is 0 Å². The minimum absolute atomic E-state index is 0.0488. The molecule has 1 aromatic heterocycles. The molecule has 0 atom stereocenters. The summed E-state index contributed by atoms with van der Waals surface area (Å²) in [4.78, 5) is 14.9. The van der Waals surface area contributed by atoms with Gasteiger partial charge in [0.15, 0.2) is 5.58 Å². The lowest BCUT2D eigenvalue weighted by Gasteiger charge is -1.92. The zero-order valence-electron chi connectivity index (χ0n) is 7.99. The molecule has 4 nitrogen and oxygen atoms in total. The number of carbonyl (C=O) groups excluding carboxylic acids is 1. The summed E-state index contributed by atoms with van der Waals surface area (Å²) < 4.78 is 22.5. The Bertz CT molecular complexity index is 506. The van der Waals surface area contributed by atoms with E-state index in [2.05, 4.69) is 9.72 Å². The van der Waals surface area contributed by atoms with Crippen LogP contribution in [0.15, 0.2) is 22.6 Å². The van der Waals surface area contributed by atoms with E-state index >= 15 is 0 Å². The first-order valence-electron chi connectivity index (χ1n) is 4.31. The van der Waals surface area contributed by atoms with E-state index in [1.54, 1.807) is 0 Å². The maximum atomic E-state index is 12.8. The van der Waals surface area contributed by atoms with Crippen molar-refractivity contribution in [1.82, 2.24) is 4.98 Å². The fourth-order valence-corrected chi connectivity index (χ4v) is 1.22. The molecule has 0 aliphatic rings. The molecule has 0 fully saturated rings. The Kier molecular flexibility index (Phi) is 2.37. The number of benzene rings is 1. The number of nitrogens with zero attached hydrogens (tertiary/aromatic N) is 1. The highest BCUT2D eigenvalue weighted by Crippen LogP contribution is 2.16. The van der Waals surface area contributed by atoms with Gasteiger partial charge in [-0.05, 0) is 12.1 Å². The van der Waals surface area contributed by atoms with Gasteiger partial charge >= 0.3 is 5.97 Å². The standard InChI is InChI=1S/C10H8FNO3/c1-14-10(13)5-9-12-7-4-6(11)2-3-8(7)15-9/h2-4H,5H2,1H3. The summed E-state index contributed by atoms with van der Waals surface area (Å²) in [5, 5.41) is 0. The number of hydrogen-bond donors (Lipinski definition) is 0. The molecule has 0 aliphatic heterocycles. The van der Waals surface area contributed by atoms with Gasteiger partial charge in [0.2, 0.25) is 5.89 Å². The van der Waals surface area contributed by atoms with E-state index in [0.29, 0.717) is 11.1 Å². The molecule has 0 radical (unpaired) electrons. The molecule has 1 heterocycles. The number of hydrogen-bond acceptors (Lipinski definition) is 4. The molecule has 5 heteroatoms. The third-order valence-electron chi connectivity index (χ3n) is 1.92. The Labute approximate surface area is 84.7 Å². The van der Waals surface area contributed by atoms with Crippen LogP contribution in [0.5, 0.6) is 0 Å². The molecule has 78 valence electrons. The van der Waals surface area contributed by atoms with Gasteiger partial charge in [0, 0.05) is 6.07 Å². The smallest absolute Gasteiger partial charge is 0.314 e. The highest BCUT2D eigenvalue weighted by Gasteiger charge is 2.10. The Hall–Kier alpha value is -1.91. The molecule has 0 spiro atoms. The molecular weight excluding hydrogens is 201 g/mol. The number of aromatic nitrogens is 1. The van der Waals surface area contributed by atoms with Crippen LogP contribution in [0.3, 0.4) is 0 Å². The van der Waals surface area contributed by atoms with Crippen LogP contribution >= 0.6 is 0 Å². The van der Waals surface area contributed by atoms with Gasteiger partial charge in [-0.3, -0.25) is 4.79 Å². The van der Waals surface area contributed by atoms with Gasteiger partial charge in [-0.15, -0.1) is 0 Å². The summed E-state index contributed by atoms with van der Waals surface area (Å²) in [6.45, 7) is 0. The Balaban J connectivity index is 2.34. The Morgan fingerprint density at radius 2 is 2.40 bits per heavy atom. The summed E-state index contributed by atoms with van der Waals surface area (Å²) in [5.74, 6) is -0.607. The molecule has 0 bridgehead atoms. The molecule has 2 aromatic rings. The van der Waals surface area contributed by atoms with Crippen molar-refractivity contribution in [2.45, 2.75) is 6.42 Å². The van der Waals surface area contributed by atoms with Crippen LogP contribution in [0.4, 0.5) is 4.39 Å². The third kappa shape index (κ3) is 1.96. The molecule has 0 aliphatic carbocycles. The number of rotatable bonds is 2. The minimum atomic E-state index is -0.443. The van der Waals surface area contributed by atoms with Crippen LogP contribution in [0.2, 0.25) is 0 Å². The zero-order valence-corrected chi connectivity index (χ0v) is 7.99. The van der Waals surface area contributed by atoms with E-state index < -0.39 is 5.97 Å². The summed E-state index contributed by atoms with van der Waals surface area (Å²) in [7, 11) is 1.28. The third-order valence-corrected chi connectivity index (χ3v) is 1.92. The Morgan fingerprint density at radius 3 is 3.13 bits per heavy atom. The second kappa shape index (κ2) is 3.68. The van der Waals surface area contributed by atoms with E-state index in [4.69, 9.17) is 4.42 Å². The Morgan fingerprint density at radius 1 is 1.60 bits per heavy atom. The van der Waals surface area contributed by atoms with Crippen LogP contribution in [-0.4, -0.2) is 18.1 Å². The van der Waals surface area contributed by atoms with Crippen molar-refractivity contribution in [2.75, 3.05) is 7.11 Å². The number of methoxy groups -OCH3 is 1. The van der Waals surface area contributed by atoms with Gasteiger partial charge in [-0.1, -0.05) is 0 Å². The molecule has 2 rings (SSSR count). The largest absolute Gasteiger partial charge is 0.469 e. The molecule has 0 saturated carbocycles. The molecule has 15 heavy (non-hydrogen) atoms. The molecule has 0 N–H and O–H groups in total. The second-order valence-corrected chi connectivity index (χ2v) is 2.97. The number of oxazole rings is 1. The van der Waals surface area contributed by atoms with Gasteiger partial charge in [0.25, 0.3) is 0 Å². The average Bonchev–Trinajstić information content (AvgIpc) is 2.59. The van der Waals surface area contributed by atoms with E-state index in [0.717, 1.165) is 0 Å². The highest BCUT2D eigenvalue weighted by molar-refractivity contribution is 5.75. The van der Waals surface area contributed by atoms with Crippen LogP contribution in [0.25, 0.3) is 11.1 Å². The van der Waals surface area contributed by atoms with E-state index in [9.17, 15) is 9.18 Å². The zero-order chi connectivity index (χ0) is 10.8. The molecular formula is C10H8FNO3. The fourth-order valence-electron chi connectivity index (χ4n) is 1.22. The summed E-state index contributed by atoms with van der Waals surface area (Å²) in [5.41, 5.74) is 0.851. The summed E-state index contributed by atoms with van der Waals surface area (Å²) >= 11 is 0. The number of carbonyl (C=O) groups is 1. The lowest BCUT2D eigenvalue weighted by atomic mass is 10.3. The molecule has 0 unspecified atom stereocenters. The van der Waals surface area contributed by atoms with Gasteiger partial charge in [-0.25, -0.2) is 9.37 Å². The minimum Gasteiger partial charge on any atom is -0.469 e. The highest BCUT2D eigenvalue weighted by atomic mass is 19.1. The first kappa shape index (κ1) is 9.64. The lowest BCUT2D eigenvalue weighted by molar-refractivity contribution is -0.140. The van der Waals surface area contributed by atoms with Crippen LogP contribution < -0.4 is 0 Å². The van der Waals surface area contributed by atoms with Gasteiger partial charge in [0.05, 0.1) is 7.11 Å². The van der Waals surface area contributed by atoms with Crippen molar-refractivity contribution in [1.29, 1.82) is 0 Å². The lowest BCUT2D eigenvalue weighted by Crippen LogP contribution is -2.04. The SMILES string of the molecule is COC(=O)Cc1nc2cc(F)ccc2o1. The van der Waals surface area contributed by atoms with E-state index in [1.165, 1.54) is 25.3 Å². The first-order valence-corrected chi connectivity index (χ1v) is 4.31. The van der Waals surface area contributed by atoms with Crippen molar-refractivity contribution < 1.29 is 18.3 Å². The summed E-state index contributed by atoms with van der Waals surface area (Å²) in [6.07, 6.45) is -0.0488. The van der Waals surface area contributed by atoms with Gasteiger partial charge in [0.1, 0.15) is 17.8 Å². The quantitative estimate of drug-likeness (QED) is 0.706. The van der Waals surface area contributed by atoms with Crippen molar-refractivity contribution in [2.24, 2.45) is 0 Å². The van der Waals surface area contributed by atoms with E-state index in [1.807, 2.05) is 0 Å².